The maximum atomic E-state index is 13.8. The molecule has 2 aromatic carbocycles. The van der Waals surface area contributed by atoms with Crippen LogP contribution in [-0.2, 0) is 22.5 Å². The van der Waals surface area contributed by atoms with Gasteiger partial charge in [-0.25, -0.2) is 4.98 Å². The number of anilines is 1. The van der Waals surface area contributed by atoms with E-state index >= 15 is 0 Å². The van der Waals surface area contributed by atoms with E-state index in [9.17, 15) is 9.59 Å². The van der Waals surface area contributed by atoms with Crippen LogP contribution in [0.4, 0.5) is 5.13 Å². The van der Waals surface area contributed by atoms with Crippen LogP contribution in [0.3, 0.4) is 0 Å². The second kappa shape index (κ2) is 13.5. The number of hydrogen-bond acceptors (Lipinski definition) is 8. The summed E-state index contributed by atoms with van der Waals surface area (Å²) >= 11 is 1.48. The first kappa shape index (κ1) is 30.4. The van der Waals surface area contributed by atoms with Crippen molar-refractivity contribution in [2.75, 3.05) is 33.8 Å². The molecule has 43 heavy (non-hydrogen) atoms. The molecule has 1 saturated carbocycles. The summed E-state index contributed by atoms with van der Waals surface area (Å²) in [6.45, 7) is 1.87. The summed E-state index contributed by atoms with van der Waals surface area (Å²) in [7, 11) is 6.22. The average molecular weight is 606 g/mol. The van der Waals surface area contributed by atoms with Crippen molar-refractivity contribution >= 4 is 39.2 Å². The minimum absolute atomic E-state index is 0.106. The fourth-order valence-electron chi connectivity index (χ4n) is 5.92. The minimum Gasteiger partial charge on any atom is -0.497 e. The molecule has 0 aliphatic heterocycles. The van der Waals surface area contributed by atoms with Gasteiger partial charge in [-0.3, -0.25) is 14.9 Å². The third kappa shape index (κ3) is 6.64. The first-order chi connectivity index (χ1) is 20.8. The highest BCUT2D eigenvalue weighted by atomic mass is 32.1. The van der Waals surface area contributed by atoms with E-state index in [4.69, 9.17) is 23.9 Å². The Labute approximate surface area is 256 Å². The Balaban J connectivity index is 1.52. The maximum Gasteiger partial charge on any atom is 0.325 e. The van der Waals surface area contributed by atoms with Crippen molar-refractivity contribution in [2.24, 2.45) is 5.92 Å². The first-order valence-corrected chi connectivity index (χ1v) is 15.4. The second-order valence-electron chi connectivity index (χ2n) is 10.9. The number of carbonyl (C=O) groups excluding carboxylic acids is 2. The molecule has 1 fully saturated rings. The van der Waals surface area contributed by atoms with Gasteiger partial charge in [-0.15, -0.1) is 11.3 Å². The van der Waals surface area contributed by atoms with Gasteiger partial charge in [-0.2, -0.15) is 0 Å². The van der Waals surface area contributed by atoms with Crippen LogP contribution in [0.25, 0.3) is 22.2 Å². The van der Waals surface area contributed by atoms with Crippen LogP contribution in [0, 0.1) is 12.8 Å². The lowest BCUT2D eigenvalue weighted by molar-refractivity contribution is -0.141. The molecule has 2 heterocycles. The number of aromatic nitrogens is 2. The fourth-order valence-corrected chi connectivity index (χ4v) is 6.91. The molecule has 0 spiro atoms. The molecule has 0 bridgehead atoms. The first-order valence-electron chi connectivity index (χ1n) is 14.6. The zero-order chi connectivity index (χ0) is 30.5. The number of nitrogens with one attached hydrogen (secondary N) is 1. The van der Waals surface area contributed by atoms with Gasteiger partial charge in [0, 0.05) is 21.3 Å². The lowest BCUT2D eigenvalue weighted by atomic mass is 9.86. The van der Waals surface area contributed by atoms with Crippen molar-refractivity contribution < 1.29 is 28.5 Å². The quantitative estimate of drug-likeness (QED) is 0.183. The summed E-state index contributed by atoms with van der Waals surface area (Å²) in [6, 6.07) is 11.1. The van der Waals surface area contributed by atoms with E-state index in [1.54, 1.807) is 38.0 Å². The topological polar surface area (TPSA) is 101 Å². The second-order valence-corrected chi connectivity index (χ2v) is 12.0. The van der Waals surface area contributed by atoms with E-state index in [2.05, 4.69) is 5.32 Å². The van der Waals surface area contributed by atoms with Crippen molar-refractivity contribution in [3.8, 4) is 28.5 Å². The van der Waals surface area contributed by atoms with Gasteiger partial charge < -0.3 is 23.5 Å². The zero-order valence-electron chi connectivity index (χ0n) is 25.5. The van der Waals surface area contributed by atoms with Crippen LogP contribution >= 0.6 is 11.3 Å². The van der Waals surface area contributed by atoms with Gasteiger partial charge in [0.2, 0.25) is 0 Å². The summed E-state index contributed by atoms with van der Waals surface area (Å²) in [5.41, 5.74) is 3.62. The Hall–Kier alpha value is -4.05. The Kier molecular flexibility index (Phi) is 9.55. The van der Waals surface area contributed by atoms with Crippen LogP contribution in [0.15, 0.2) is 36.4 Å². The Morgan fingerprint density at radius 3 is 2.44 bits per heavy atom. The third-order valence-corrected chi connectivity index (χ3v) is 9.28. The minimum atomic E-state index is -0.454. The molecule has 4 aromatic rings. The zero-order valence-corrected chi connectivity index (χ0v) is 26.3. The largest absolute Gasteiger partial charge is 0.497 e. The monoisotopic (exact) mass is 605 g/mol. The molecule has 1 amide bonds. The standard InChI is InChI=1S/C33H39N3O6S/c1-20-15-28(41-4)24(18-27(20)40-3)31-29(14-11-21-9-7-6-8-10-21)43-33(34-31)35-32(38)26-17-22-16-23(39-2)12-13-25(22)36(26)19-30(37)42-5/h12-13,15-18,21H,6-11,14,19H2,1-5H3,(H,34,35,38). The Bertz CT molecular complexity index is 1620. The number of benzene rings is 2. The summed E-state index contributed by atoms with van der Waals surface area (Å²) in [5, 5.41) is 4.27. The number of ether oxygens (including phenoxy) is 4. The molecule has 0 radical (unpaired) electrons. The SMILES string of the molecule is COC(=O)Cn1c(C(=O)Nc2nc(-c3cc(OC)c(C)cc3OC)c(CCC3CCCCC3)s2)cc2cc(OC)ccc21. The van der Waals surface area contributed by atoms with E-state index in [1.807, 2.05) is 31.2 Å². The predicted molar refractivity (Wildman–Crippen MR) is 169 cm³/mol. The van der Waals surface area contributed by atoms with Crippen molar-refractivity contribution in [3.05, 3.63) is 52.5 Å². The van der Waals surface area contributed by atoms with Crippen molar-refractivity contribution in [2.45, 2.75) is 58.4 Å². The number of esters is 1. The van der Waals surface area contributed by atoms with Gasteiger partial charge in [0.1, 0.15) is 29.5 Å². The molecule has 0 saturated heterocycles. The number of fused-ring (bicyclic) bond motifs is 1. The highest BCUT2D eigenvalue weighted by Gasteiger charge is 2.24. The summed E-state index contributed by atoms with van der Waals surface area (Å²) < 4.78 is 23.3. The fraction of sp³-hybridized carbons (Fsp3) is 0.424. The van der Waals surface area contributed by atoms with Gasteiger partial charge in [-0.05, 0) is 67.6 Å². The van der Waals surface area contributed by atoms with E-state index in [-0.39, 0.29) is 12.5 Å². The molecule has 2 aromatic heterocycles. The molecule has 9 nitrogen and oxygen atoms in total. The molecule has 0 unspecified atom stereocenters. The molecular formula is C33H39N3O6S. The maximum absolute atomic E-state index is 13.8. The summed E-state index contributed by atoms with van der Waals surface area (Å²) in [5.74, 6) is 1.98. The summed E-state index contributed by atoms with van der Waals surface area (Å²) in [4.78, 5) is 32.1. The Morgan fingerprint density at radius 2 is 1.74 bits per heavy atom. The van der Waals surface area contributed by atoms with E-state index < -0.39 is 5.97 Å². The van der Waals surface area contributed by atoms with Gasteiger partial charge in [0.15, 0.2) is 5.13 Å². The summed E-state index contributed by atoms with van der Waals surface area (Å²) in [6.07, 6.45) is 8.34. The molecule has 5 rings (SSSR count). The number of methoxy groups -OCH3 is 4. The van der Waals surface area contributed by atoms with Crippen LogP contribution in [-0.4, -0.2) is 49.9 Å². The normalized spacial score (nSPS) is 13.6. The average Bonchev–Trinajstić information content (AvgIpc) is 3.60. The number of rotatable bonds is 11. The number of hydrogen-bond donors (Lipinski definition) is 1. The van der Waals surface area contributed by atoms with E-state index in [0.29, 0.717) is 28.2 Å². The van der Waals surface area contributed by atoms with Crippen LogP contribution in [0.2, 0.25) is 0 Å². The van der Waals surface area contributed by atoms with Gasteiger partial charge in [0.25, 0.3) is 5.91 Å². The molecule has 228 valence electrons. The van der Waals surface area contributed by atoms with Gasteiger partial charge in [-0.1, -0.05) is 32.1 Å². The smallest absolute Gasteiger partial charge is 0.325 e. The lowest BCUT2D eigenvalue weighted by Gasteiger charge is -2.21. The third-order valence-electron chi connectivity index (χ3n) is 8.25. The van der Waals surface area contributed by atoms with Gasteiger partial charge in [0.05, 0.1) is 34.1 Å². The van der Waals surface area contributed by atoms with E-state index in [0.717, 1.165) is 51.2 Å². The molecular weight excluding hydrogens is 566 g/mol. The highest BCUT2D eigenvalue weighted by molar-refractivity contribution is 7.16. The van der Waals surface area contributed by atoms with Crippen molar-refractivity contribution in [1.29, 1.82) is 0 Å². The Morgan fingerprint density at radius 1 is 0.977 bits per heavy atom. The van der Waals surface area contributed by atoms with Crippen LogP contribution in [0.5, 0.6) is 17.2 Å². The highest BCUT2D eigenvalue weighted by Crippen LogP contribution is 2.41. The van der Waals surface area contributed by atoms with Crippen LogP contribution < -0.4 is 19.5 Å². The number of thiazole rings is 1. The molecule has 0 atom stereocenters. The van der Waals surface area contributed by atoms with Crippen molar-refractivity contribution in [1.82, 2.24) is 9.55 Å². The number of carbonyl (C=O) groups is 2. The van der Waals surface area contributed by atoms with Gasteiger partial charge >= 0.3 is 5.97 Å². The number of amides is 1. The van der Waals surface area contributed by atoms with Crippen molar-refractivity contribution in [3.63, 3.8) is 0 Å². The predicted octanol–water partition coefficient (Wildman–Crippen LogP) is 7.04. The number of nitrogens with zero attached hydrogens (tertiary/aromatic N) is 2. The molecule has 1 aliphatic carbocycles. The van der Waals surface area contributed by atoms with Crippen LogP contribution in [0.1, 0.15) is 59.5 Å². The van der Waals surface area contributed by atoms with E-state index in [1.165, 1.54) is 50.6 Å². The molecule has 1 N–H and O–H groups in total. The number of aryl methyl sites for hydroxylation is 2. The molecule has 1 aliphatic rings. The molecule has 10 heteroatoms. The lowest BCUT2D eigenvalue weighted by Crippen LogP contribution is -2.20.